The van der Waals surface area contributed by atoms with Gasteiger partial charge in [-0.25, -0.2) is 0 Å². The third kappa shape index (κ3) is 5.00. The maximum Gasteiger partial charge on any atom is 0.279 e. The van der Waals surface area contributed by atoms with E-state index in [0.717, 1.165) is 4.31 Å². The molecule has 1 aromatic heterocycles. The molecule has 1 fully saturated rings. The molecule has 9 nitrogen and oxygen atoms in total. The molecule has 0 radical (unpaired) electrons. The lowest BCUT2D eigenvalue weighted by Gasteiger charge is -2.36. The fourth-order valence-electron chi connectivity index (χ4n) is 3.00. The molecule has 10 heteroatoms. The van der Waals surface area contributed by atoms with Crippen molar-refractivity contribution in [3.63, 3.8) is 0 Å². The van der Waals surface area contributed by atoms with Gasteiger partial charge >= 0.3 is 0 Å². The summed E-state index contributed by atoms with van der Waals surface area (Å²) in [6.07, 6.45) is 2.73. The Bertz CT molecular complexity index is 661. The number of hydrogen-bond acceptors (Lipinski definition) is 6. The van der Waals surface area contributed by atoms with Crippen LogP contribution in [0.25, 0.3) is 0 Å². The first-order valence-electron chi connectivity index (χ1n) is 8.11. The molecule has 1 N–H and O–H groups in total. The van der Waals surface area contributed by atoms with E-state index in [2.05, 4.69) is 9.88 Å². The lowest BCUT2D eigenvalue weighted by Crippen LogP contribution is -2.52. The summed E-state index contributed by atoms with van der Waals surface area (Å²) in [6.45, 7) is 0.375. The molecule has 142 valence electrons. The Balaban J connectivity index is 1.97. The van der Waals surface area contributed by atoms with Crippen molar-refractivity contribution < 1.29 is 22.5 Å². The Morgan fingerprint density at radius 1 is 1.40 bits per heavy atom. The Morgan fingerprint density at radius 3 is 2.68 bits per heavy atom. The summed E-state index contributed by atoms with van der Waals surface area (Å²) in [5.74, 6) is -0.207. The standard InChI is InChI=1S/C15H26N4O5S/c1-18(2)25(21,22)17-13-6-5-11(9-14(13)23-4)15(20)19(3)10-12-7-8-24-16-12/h7-8,11,13-14,17H,5-6,9-10H2,1-4H3/t11-,13+,14+/m0/s1. The van der Waals surface area contributed by atoms with Gasteiger partial charge in [0.2, 0.25) is 5.91 Å². The van der Waals surface area contributed by atoms with Crippen LogP contribution in [0.2, 0.25) is 0 Å². The molecule has 1 amide bonds. The fraction of sp³-hybridized carbons (Fsp3) is 0.733. The zero-order chi connectivity index (χ0) is 18.6. The van der Waals surface area contributed by atoms with E-state index < -0.39 is 10.2 Å². The lowest BCUT2D eigenvalue weighted by molar-refractivity contribution is -0.137. The minimum atomic E-state index is -3.54. The Kier molecular flexibility index (Phi) is 6.55. The molecule has 0 aliphatic heterocycles. The molecule has 1 aliphatic rings. The number of carbonyl (C=O) groups excluding carboxylic acids is 1. The maximum absolute atomic E-state index is 12.7. The Hall–Kier alpha value is -1.49. The smallest absolute Gasteiger partial charge is 0.279 e. The molecule has 1 heterocycles. The molecule has 2 rings (SSSR count). The summed E-state index contributed by atoms with van der Waals surface area (Å²) in [5.41, 5.74) is 0.687. The molecule has 0 unspecified atom stereocenters. The van der Waals surface area contributed by atoms with E-state index >= 15 is 0 Å². The summed E-state index contributed by atoms with van der Waals surface area (Å²) >= 11 is 0. The largest absolute Gasteiger partial charge is 0.380 e. The van der Waals surface area contributed by atoms with E-state index in [4.69, 9.17) is 9.26 Å². The van der Waals surface area contributed by atoms with Gasteiger partial charge in [-0.1, -0.05) is 5.16 Å². The van der Waals surface area contributed by atoms with Gasteiger partial charge in [-0.15, -0.1) is 0 Å². The highest BCUT2D eigenvalue weighted by Gasteiger charge is 2.37. The molecule has 25 heavy (non-hydrogen) atoms. The predicted octanol–water partition coefficient (Wildman–Crippen LogP) is 0.213. The SMILES string of the molecule is CO[C@@H]1C[C@@H](C(=O)N(C)Cc2ccon2)CC[C@H]1NS(=O)(=O)N(C)C. The molecule has 0 saturated heterocycles. The van der Waals surface area contributed by atoms with Crippen LogP contribution in [0.5, 0.6) is 0 Å². The minimum Gasteiger partial charge on any atom is -0.380 e. The second kappa shape index (κ2) is 8.26. The van der Waals surface area contributed by atoms with Crippen LogP contribution < -0.4 is 4.72 Å². The molecule has 3 atom stereocenters. The van der Waals surface area contributed by atoms with Crippen LogP contribution in [0.4, 0.5) is 0 Å². The van der Waals surface area contributed by atoms with Crippen molar-refractivity contribution in [2.75, 3.05) is 28.3 Å². The summed E-state index contributed by atoms with van der Waals surface area (Å²) in [5, 5.41) is 3.81. The van der Waals surface area contributed by atoms with Crippen molar-refractivity contribution >= 4 is 16.1 Å². The molecule has 1 aliphatic carbocycles. The maximum atomic E-state index is 12.7. The third-order valence-corrected chi connectivity index (χ3v) is 6.05. The van der Waals surface area contributed by atoms with Gasteiger partial charge in [0.25, 0.3) is 10.2 Å². The van der Waals surface area contributed by atoms with Crippen molar-refractivity contribution in [1.82, 2.24) is 19.1 Å². The average Bonchev–Trinajstić information content (AvgIpc) is 3.07. The van der Waals surface area contributed by atoms with Gasteiger partial charge in [0.1, 0.15) is 12.0 Å². The quantitative estimate of drug-likeness (QED) is 0.732. The highest BCUT2D eigenvalue weighted by atomic mass is 32.2. The fourth-order valence-corrected chi connectivity index (χ4v) is 3.86. The molecule has 1 aromatic rings. The topological polar surface area (TPSA) is 105 Å². The van der Waals surface area contributed by atoms with Gasteiger partial charge in [0, 0.05) is 46.3 Å². The highest BCUT2D eigenvalue weighted by molar-refractivity contribution is 7.87. The van der Waals surface area contributed by atoms with Gasteiger partial charge in [-0.05, 0) is 19.3 Å². The van der Waals surface area contributed by atoms with Crippen molar-refractivity contribution in [1.29, 1.82) is 0 Å². The van der Waals surface area contributed by atoms with E-state index in [-0.39, 0.29) is 24.0 Å². The van der Waals surface area contributed by atoms with E-state index in [1.165, 1.54) is 27.5 Å². The first-order valence-corrected chi connectivity index (χ1v) is 9.55. The molecule has 0 aromatic carbocycles. The van der Waals surface area contributed by atoms with E-state index in [1.54, 1.807) is 18.0 Å². The minimum absolute atomic E-state index is 0.000957. The van der Waals surface area contributed by atoms with Crippen molar-refractivity contribution in [2.24, 2.45) is 5.92 Å². The zero-order valence-corrected chi connectivity index (χ0v) is 15.8. The zero-order valence-electron chi connectivity index (χ0n) is 15.0. The van der Waals surface area contributed by atoms with E-state index in [0.29, 0.717) is 31.5 Å². The summed E-state index contributed by atoms with van der Waals surface area (Å²) in [6, 6.07) is 1.37. The monoisotopic (exact) mass is 374 g/mol. The number of methoxy groups -OCH3 is 1. The molecule has 1 saturated carbocycles. The van der Waals surface area contributed by atoms with Gasteiger partial charge < -0.3 is 14.2 Å². The first-order chi connectivity index (χ1) is 11.7. The van der Waals surface area contributed by atoms with Crippen LogP contribution in [0.1, 0.15) is 25.0 Å². The van der Waals surface area contributed by atoms with Gasteiger partial charge in [-0.3, -0.25) is 4.79 Å². The molecule has 0 spiro atoms. The van der Waals surface area contributed by atoms with Gasteiger partial charge in [-0.2, -0.15) is 17.4 Å². The normalized spacial score (nSPS) is 24.4. The number of nitrogens with zero attached hydrogens (tertiary/aromatic N) is 3. The van der Waals surface area contributed by atoms with Crippen LogP contribution >= 0.6 is 0 Å². The third-order valence-electron chi connectivity index (χ3n) is 4.49. The van der Waals surface area contributed by atoms with Gasteiger partial charge in [0.05, 0.1) is 12.6 Å². The Labute approximate surface area is 148 Å². The second-order valence-electron chi connectivity index (χ2n) is 6.48. The number of rotatable bonds is 7. The van der Waals surface area contributed by atoms with Gasteiger partial charge in [0.15, 0.2) is 0 Å². The predicted molar refractivity (Wildman–Crippen MR) is 90.6 cm³/mol. The number of hydrogen-bond donors (Lipinski definition) is 1. The van der Waals surface area contributed by atoms with Crippen LogP contribution in [0.15, 0.2) is 16.9 Å². The first kappa shape index (κ1) is 19.8. The van der Waals surface area contributed by atoms with E-state index in [1.807, 2.05) is 0 Å². The molecular weight excluding hydrogens is 348 g/mol. The van der Waals surface area contributed by atoms with Crippen LogP contribution in [-0.4, -0.2) is 69.1 Å². The number of ether oxygens (including phenoxy) is 1. The van der Waals surface area contributed by atoms with Crippen LogP contribution in [0, 0.1) is 5.92 Å². The second-order valence-corrected chi connectivity index (χ2v) is 8.40. The number of carbonyl (C=O) groups is 1. The number of amides is 1. The summed E-state index contributed by atoms with van der Waals surface area (Å²) in [7, 11) is 2.66. The average molecular weight is 374 g/mol. The highest BCUT2D eigenvalue weighted by Crippen LogP contribution is 2.28. The molecule has 0 bridgehead atoms. The summed E-state index contributed by atoms with van der Waals surface area (Å²) < 4.78 is 38.1. The van der Waals surface area contributed by atoms with Crippen molar-refractivity contribution in [2.45, 2.75) is 38.0 Å². The van der Waals surface area contributed by atoms with Crippen molar-refractivity contribution in [3.05, 3.63) is 18.0 Å². The van der Waals surface area contributed by atoms with E-state index in [9.17, 15) is 13.2 Å². The van der Waals surface area contributed by atoms with Crippen LogP contribution in [-0.2, 0) is 26.3 Å². The number of aromatic nitrogens is 1. The Morgan fingerprint density at radius 2 is 2.12 bits per heavy atom. The number of nitrogens with one attached hydrogen (secondary N) is 1. The summed E-state index contributed by atoms with van der Waals surface area (Å²) in [4.78, 5) is 14.3. The lowest BCUT2D eigenvalue weighted by atomic mass is 9.83. The molecular formula is C15H26N4O5S. The van der Waals surface area contributed by atoms with Crippen molar-refractivity contribution in [3.8, 4) is 0 Å². The van der Waals surface area contributed by atoms with Crippen LogP contribution in [0.3, 0.4) is 0 Å².